The Labute approximate surface area is 150 Å². The van der Waals surface area contributed by atoms with Crippen LogP contribution in [-0.2, 0) is 16.6 Å². The standard InChI is InChI=1S/C19H26N2O3S/c1-3-25(22,23)21-10-8-18(9-11-21)20-14-15-4-5-17-13-19(24-2)7-6-16(17)12-15/h4-7,12-13,18,20H,3,8-11,14H2,1-2H3. The number of fused-ring (bicyclic) bond motifs is 1. The summed E-state index contributed by atoms with van der Waals surface area (Å²) >= 11 is 0. The number of hydrogen-bond donors (Lipinski definition) is 1. The van der Waals surface area contributed by atoms with E-state index in [1.54, 1.807) is 18.3 Å². The van der Waals surface area contributed by atoms with Gasteiger partial charge in [0.05, 0.1) is 12.9 Å². The van der Waals surface area contributed by atoms with Crippen LogP contribution in [-0.4, -0.2) is 44.7 Å². The second kappa shape index (κ2) is 7.72. The molecule has 0 amide bonds. The van der Waals surface area contributed by atoms with Gasteiger partial charge in [-0.25, -0.2) is 12.7 Å². The number of nitrogens with zero attached hydrogens (tertiary/aromatic N) is 1. The first-order chi connectivity index (χ1) is 12.0. The zero-order valence-corrected chi connectivity index (χ0v) is 15.7. The van der Waals surface area contributed by atoms with Gasteiger partial charge in [0.25, 0.3) is 0 Å². The Morgan fingerprint density at radius 1 is 1.12 bits per heavy atom. The molecule has 0 radical (unpaired) electrons. The lowest BCUT2D eigenvalue weighted by Gasteiger charge is -2.31. The van der Waals surface area contributed by atoms with Gasteiger partial charge in [-0.3, -0.25) is 0 Å². The molecule has 1 saturated heterocycles. The van der Waals surface area contributed by atoms with Crippen molar-refractivity contribution in [2.75, 3.05) is 26.0 Å². The highest BCUT2D eigenvalue weighted by molar-refractivity contribution is 7.89. The molecule has 136 valence electrons. The van der Waals surface area contributed by atoms with Crippen LogP contribution in [0.25, 0.3) is 10.8 Å². The van der Waals surface area contributed by atoms with Crippen LogP contribution in [0.2, 0.25) is 0 Å². The first-order valence-electron chi connectivity index (χ1n) is 8.79. The van der Waals surface area contributed by atoms with E-state index in [0.717, 1.165) is 25.1 Å². The molecule has 0 bridgehead atoms. The van der Waals surface area contributed by atoms with Crippen molar-refractivity contribution < 1.29 is 13.2 Å². The van der Waals surface area contributed by atoms with Gasteiger partial charge in [0.15, 0.2) is 0 Å². The Morgan fingerprint density at radius 3 is 2.48 bits per heavy atom. The van der Waals surface area contributed by atoms with E-state index in [1.807, 2.05) is 12.1 Å². The summed E-state index contributed by atoms with van der Waals surface area (Å²) in [5, 5.41) is 5.93. The average molecular weight is 362 g/mol. The van der Waals surface area contributed by atoms with Crippen LogP contribution in [0.4, 0.5) is 0 Å². The third kappa shape index (κ3) is 4.32. The second-order valence-corrected chi connectivity index (χ2v) is 8.76. The highest BCUT2D eigenvalue weighted by Crippen LogP contribution is 2.22. The summed E-state index contributed by atoms with van der Waals surface area (Å²) in [5.74, 6) is 1.06. The molecule has 1 aliphatic rings. The van der Waals surface area contributed by atoms with Gasteiger partial charge < -0.3 is 10.1 Å². The van der Waals surface area contributed by atoms with Gasteiger partial charge >= 0.3 is 0 Å². The predicted molar refractivity (Wildman–Crippen MR) is 101 cm³/mol. The largest absolute Gasteiger partial charge is 0.497 e. The maximum absolute atomic E-state index is 11.9. The van der Waals surface area contributed by atoms with E-state index in [2.05, 4.69) is 29.6 Å². The van der Waals surface area contributed by atoms with Crippen molar-refractivity contribution in [2.24, 2.45) is 0 Å². The van der Waals surface area contributed by atoms with Crippen LogP contribution < -0.4 is 10.1 Å². The Bertz CT molecular complexity index is 828. The number of ether oxygens (including phenoxy) is 1. The normalized spacial score (nSPS) is 17.0. The molecule has 6 heteroatoms. The summed E-state index contributed by atoms with van der Waals surface area (Å²) in [4.78, 5) is 0. The predicted octanol–water partition coefficient (Wildman–Crippen LogP) is 2.75. The molecule has 0 aromatic heterocycles. The van der Waals surface area contributed by atoms with Crippen molar-refractivity contribution in [1.82, 2.24) is 9.62 Å². The molecule has 5 nitrogen and oxygen atoms in total. The number of methoxy groups -OCH3 is 1. The molecular weight excluding hydrogens is 336 g/mol. The number of sulfonamides is 1. The lowest BCUT2D eigenvalue weighted by atomic mass is 10.0. The van der Waals surface area contributed by atoms with E-state index < -0.39 is 10.0 Å². The van der Waals surface area contributed by atoms with Crippen molar-refractivity contribution in [3.63, 3.8) is 0 Å². The highest BCUT2D eigenvalue weighted by atomic mass is 32.2. The maximum Gasteiger partial charge on any atom is 0.213 e. The van der Waals surface area contributed by atoms with E-state index in [0.29, 0.717) is 19.1 Å². The fourth-order valence-corrected chi connectivity index (χ4v) is 4.43. The van der Waals surface area contributed by atoms with Gasteiger partial charge in [-0.15, -0.1) is 0 Å². The minimum absolute atomic E-state index is 0.187. The zero-order valence-electron chi connectivity index (χ0n) is 14.9. The zero-order chi connectivity index (χ0) is 17.9. The SMILES string of the molecule is CCS(=O)(=O)N1CCC(NCc2ccc3cc(OC)ccc3c2)CC1. The number of benzene rings is 2. The molecule has 0 saturated carbocycles. The number of hydrogen-bond acceptors (Lipinski definition) is 4. The first-order valence-corrected chi connectivity index (χ1v) is 10.4. The van der Waals surface area contributed by atoms with Gasteiger partial charge in [0.1, 0.15) is 5.75 Å². The molecule has 25 heavy (non-hydrogen) atoms. The van der Waals surface area contributed by atoms with Gasteiger partial charge in [0.2, 0.25) is 10.0 Å². The van der Waals surface area contributed by atoms with Crippen LogP contribution in [0, 0.1) is 0 Å². The van der Waals surface area contributed by atoms with Crippen LogP contribution in [0.1, 0.15) is 25.3 Å². The van der Waals surface area contributed by atoms with Crippen LogP contribution in [0.15, 0.2) is 36.4 Å². The molecule has 1 fully saturated rings. The molecule has 2 aromatic rings. The summed E-state index contributed by atoms with van der Waals surface area (Å²) in [6.45, 7) is 3.73. The molecule has 0 spiro atoms. The third-order valence-corrected chi connectivity index (χ3v) is 6.80. The summed E-state index contributed by atoms with van der Waals surface area (Å²) < 4.78 is 30.7. The minimum atomic E-state index is -3.05. The van der Waals surface area contributed by atoms with Crippen molar-refractivity contribution in [3.05, 3.63) is 42.0 Å². The monoisotopic (exact) mass is 362 g/mol. The fourth-order valence-electron chi connectivity index (χ4n) is 3.29. The molecule has 0 unspecified atom stereocenters. The second-order valence-electron chi connectivity index (χ2n) is 6.50. The van der Waals surface area contributed by atoms with E-state index in [-0.39, 0.29) is 5.75 Å². The summed E-state index contributed by atoms with van der Waals surface area (Å²) in [5.41, 5.74) is 1.24. The van der Waals surface area contributed by atoms with E-state index in [1.165, 1.54) is 16.3 Å². The number of nitrogens with one attached hydrogen (secondary N) is 1. The van der Waals surface area contributed by atoms with Gasteiger partial charge in [-0.05, 0) is 54.3 Å². The number of piperidine rings is 1. The molecule has 3 rings (SSSR count). The Hall–Kier alpha value is -1.63. The molecule has 0 aliphatic carbocycles. The quantitative estimate of drug-likeness (QED) is 0.858. The van der Waals surface area contributed by atoms with Gasteiger partial charge in [0, 0.05) is 25.7 Å². The summed E-state index contributed by atoms with van der Waals surface area (Å²) in [7, 11) is -1.37. The maximum atomic E-state index is 11.9. The van der Waals surface area contributed by atoms with Crippen molar-refractivity contribution >= 4 is 20.8 Å². The van der Waals surface area contributed by atoms with E-state index >= 15 is 0 Å². The molecule has 1 aliphatic heterocycles. The van der Waals surface area contributed by atoms with Gasteiger partial charge in [-0.2, -0.15) is 0 Å². The van der Waals surface area contributed by atoms with Crippen LogP contribution in [0.3, 0.4) is 0 Å². The molecule has 1 heterocycles. The lowest BCUT2D eigenvalue weighted by Crippen LogP contribution is -2.45. The Balaban J connectivity index is 1.57. The summed E-state index contributed by atoms with van der Waals surface area (Å²) in [6.07, 6.45) is 1.73. The Morgan fingerprint density at radius 2 is 1.80 bits per heavy atom. The lowest BCUT2D eigenvalue weighted by molar-refractivity contribution is 0.289. The van der Waals surface area contributed by atoms with Crippen LogP contribution >= 0.6 is 0 Å². The van der Waals surface area contributed by atoms with Crippen molar-refractivity contribution in [2.45, 2.75) is 32.4 Å². The molecule has 1 N–H and O–H groups in total. The number of rotatable bonds is 6. The first kappa shape index (κ1) is 18.2. The van der Waals surface area contributed by atoms with E-state index in [9.17, 15) is 8.42 Å². The molecule has 2 aromatic carbocycles. The fraction of sp³-hybridized carbons (Fsp3) is 0.474. The van der Waals surface area contributed by atoms with Gasteiger partial charge in [-0.1, -0.05) is 18.2 Å². The minimum Gasteiger partial charge on any atom is -0.497 e. The third-order valence-electron chi connectivity index (χ3n) is 4.92. The van der Waals surface area contributed by atoms with Crippen molar-refractivity contribution in [3.8, 4) is 5.75 Å². The smallest absolute Gasteiger partial charge is 0.213 e. The highest BCUT2D eigenvalue weighted by Gasteiger charge is 2.26. The Kier molecular flexibility index (Phi) is 5.61. The summed E-state index contributed by atoms with van der Waals surface area (Å²) in [6, 6.07) is 12.9. The molecular formula is C19H26N2O3S. The molecule has 0 atom stereocenters. The average Bonchev–Trinajstić information content (AvgIpc) is 2.66. The van der Waals surface area contributed by atoms with E-state index in [4.69, 9.17) is 4.74 Å². The topological polar surface area (TPSA) is 58.6 Å². The van der Waals surface area contributed by atoms with Crippen molar-refractivity contribution in [1.29, 1.82) is 0 Å². The van der Waals surface area contributed by atoms with Crippen LogP contribution in [0.5, 0.6) is 5.75 Å².